The molecule has 272 valence electrons. The molecule has 0 N–H and O–H groups in total. The van der Waals surface area contributed by atoms with E-state index >= 15 is 0 Å². The van der Waals surface area contributed by atoms with Crippen LogP contribution in [0.4, 0.5) is 22.0 Å². The van der Waals surface area contributed by atoms with Crippen molar-refractivity contribution >= 4 is 28.6 Å². The van der Waals surface area contributed by atoms with E-state index in [-0.39, 0.29) is 54.4 Å². The van der Waals surface area contributed by atoms with E-state index in [2.05, 4.69) is 0 Å². The van der Waals surface area contributed by atoms with Gasteiger partial charge in [0.2, 0.25) is 5.91 Å². The number of benzene rings is 4. The quantitative estimate of drug-likeness (QED) is 0.0950. The molecule has 5 aromatic rings. The number of halogens is 5. The van der Waals surface area contributed by atoms with E-state index in [1.54, 1.807) is 4.90 Å². The standard InChI is InChI=1S/C40H38F5N3O3S/c1-51-22-21-46-19-17-32(18-20-46)47(24-27-9-11-28(12-10-27)29-13-15-31(16-14-29)40(43,44)45)37(50)25-48-35-8-3-2-6-33(35)36(49)23-38(48)52-26-30-5-4-7-34(41)39(30)42/h2-16,23,32H,17-22,24-26H2,1H3/i2D,3D,6D,8D,22D2,23D,24D2. The van der Waals surface area contributed by atoms with Crippen molar-refractivity contribution in [3.05, 3.63) is 135 Å². The number of carbonyl (C=O) groups excluding carboxylic acids is 1. The smallest absolute Gasteiger partial charge is 0.383 e. The Labute approximate surface area is 315 Å². The van der Waals surface area contributed by atoms with Crippen LogP contribution in [0.3, 0.4) is 0 Å². The largest absolute Gasteiger partial charge is 0.416 e. The molecule has 1 aliphatic rings. The topological polar surface area (TPSA) is 54.8 Å². The van der Waals surface area contributed by atoms with Crippen molar-refractivity contribution in [1.82, 2.24) is 14.4 Å². The molecule has 0 bridgehead atoms. The Hall–Kier alpha value is -4.52. The Morgan fingerprint density at radius 1 is 1.00 bits per heavy atom. The zero-order valence-corrected chi connectivity index (χ0v) is 28.6. The van der Waals surface area contributed by atoms with Crippen LogP contribution in [0.5, 0.6) is 0 Å². The van der Waals surface area contributed by atoms with Crippen LogP contribution < -0.4 is 5.43 Å². The summed E-state index contributed by atoms with van der Waals surface area (Å²) >= 11 is 0.641. The fourth-order valence-electron chi connectivity index (χ4n) is 5.86. The van der Waals surface area contributed by atoms with Gasteiger partial charge in [-0.3, -0.25) is 9.59 Å². The van der Waals surface area contributed by atoms with Gasteiger partial charge >= 0.3 is 6.18 Å². The van der Waals surface area contributed by atoms with Crippen LogP contribution in [-0.4, -0.2) is 59.6 Å². The van der Waals surface area contributed by atoms with Crippen molar-refractivity contribution < 1.29 is 43.8 Å². The van der Waals surface area contributed by atoms with Crippen LogP contribution in [0.25, 0.3) is 22.0 Å². The summed E-state index contributed by atoms with van der Waals surface area (Å²) in [5.74, 6) is -3.72. The molecule has 0 aliphatic carbocycles. The first-order chi connectivity index (χ1) is 28.6. The number of hydrogen-bond donors (Lipinski definition) is 0. The lowest BCUT2D eigenvalue weighted by Gasteiger charge is -2.39. The molecule has 0 atom stereocenters. The second-order valence-corrected chi connectivity index (χ2v) is 12.9. The van der Waals surface area contributed by atoms with Crippen molar-refractivity contribution in [2.75, 3.05) is 33.3 Å². The second-order valence-electron chi connectivity index (χ2n) is 12.0. The van der Waals surface area contributed by atoms with Crippen LogP contribution in [0.2, 0.25) is 0 Å². The molecule has 6 nitrogen and oxygen atoms in total. The summed E-state index contributed by atoms with van der Waals surface area (Å²) in [5, 5.41) is -0.947. The Kier molecular flexibility index (Phi) is 8.58. The van der Waals surface area contributed by atoms with E-state index in [1.165, 1.54) is 55.6 Å². The van der Waals surface area contributed by atoms with Gasteiger partial charge in [0.15, 0.2) is 17.1 Å². The fraction of sp³-hybridized carbons (Fsp3) is 0.300. The molecule has 2 heterocycles. The number of carbonyl (C=O) groups is 1. The van der Waals surface area contributed by atoms with Gasteiger partial charge in [-0.1, -0.05) is 60.6 Å². The van der Waals surface area contributed by atoms with E-state index in [0.717, 1.165) is 27.7 Å². The van der Waals surface area contributed by atoms with Crippen LogP contribution in [0.15, 0.2) is 107 Å². The third kappa shape index (κ3) is 8.74. The maximum Gasteiger partial charge on any atom is 0.416 e. The molecule has 0 unspecified atom stereocenters. The van der Waals surface area contributed by atoms with Gasteiger partial charge < -0.3 is 19.1 Å². The molecule has 1 amide bonds. The van der Waals surface area contributed by atoms with Gasteiger partial charge in [0.05, 0.1) is 35.0 Å². The van der Waals surface area contributed by atoms with E-state index in [4.69, 9.17) is 14.3 Å². The van der Waals surface area contributed by atoms with Gasteiger partial charge in [-0.2, -0.15) is 13.2 Å². The maximum atomic E-state index is 14.9. The SMILES string of the molecule is [2H]c1c([2H])c([2H])c2c(c1[2H])c(=O)c([2H])c(SCc1cccc(F)c1F)n2CC(=O)N(C1CCN(CC([2H])([2H])OC)CC1)C([2H])([2H])c1ccc(-c2ccc(C(F)(F)F)cc2)cc1. The fourth-order valence-corrected chi connectivity index (χ4v) is 6.85. The Bertz CT molecular complexity index is 2520. The van der Waals surface area contributed by atoms with Crippen LogP contribution in [0.1, 0.15) is 41.9 Å². The van der Waals surface area contributed by atoms with Gasteiger partial charge in [0.25, 0.3) is 0 Å². The predicted molar refractivity (Wildman–Crippen MR) is 193 cm³/mol. The number of nitrogens with zero attached hydrogens (tertiary/aromatic N) is 3. The highest BCUT2D eigenvalue weighted by molar-refractivity contribution is 7.98. The Morgan fingerprint density at radius 3 is 2.35 bits per heavy atom. The number of piperidine rings is 1. The highest BCUT2D eigenvalue weighted by atomic mass is 32.2. The molecule has 0 radical (unpaired) electrons. The van der Waals surface area contributed by atoms with E-state index in [9.17, 15) is 34.3 Å². The van der Waals surface area contributed by atoms with E-state index in [0.29, 0.717) is 22.9 Å². The highest BCUT2D eigenvalue weighted by Crippen LogP contribution is 2.32. The van der Waals surface area contributed by atoms with Crippen LogP contribution in [0, 0.1) is 11.6 Å². The van der Waals surface area contributed by atoms with Gasteiger partial charge in [0, 0.05) is 62.0 Å². The van der Waals surface area contributed by atoms with Crippen LogP contribution in [-0.2, 0) is 34.5 Å². The number of hydrogen-bond acceptors (Lipinski definition) is 5. The molecular weight excluding hydrogens is 698 g/mol. The molecular formula is C40H38F5N3O3S. The van der Waals surface area contributed by atoms with Crippen molar-refractivity contribution in [2.45, 2.75) is 48.9 Å². The molecule has 1 aromatic heterocycles. The van der Waals surface area contributed by atoms with Crippen LogP contribution >= 0.6 is 11.8 Å². The molecule has 1 saturated heterocycles. The minimum absolute atomic E-state index is 0.0429. The number of thioether (sulfide) groups is 1. The average molecular weight is 745 g/mol. The maximum absolute atomic E-state index is 14.9. The number of rotatable bonds is 12. The van der Waals surface area contributed by atoms with E-state index < -0.39 is 101 Å². The normalized spacial score (nSPS) is 17.2. The molecule has 1 fully saturated rings. The molecule has 0 spiro atoms. The molecule has 1 aliphatic heterocycles. The number of para-hydroxylation sites is 1. The lowest BCUT2D eigenvalue weighted by Crippen LogP contribution is -2.48. The highest BCUT2D eigenvalue weighted by Gasteiger charge is 2.31. The number of fused-ring (bicyclic) bond motifs is 1. The first-order valence-corrected chi connectivity index (χ1v) is 17.1. The summed E-state index contributed by atoms with van der Waals surface area (Å²) in [5.41, 5.74) is -1.81. The third-order valence-electron chi connectivity index (χ3n) is 8.62. The lowest BCUT2D eigenvalue weighted by atomic mass is 10.00. The molecule has 52 heavy (non-hydrogen) atoms. The number of pyridine rings is 1. The number of aromatic nitrogens is 1. The average Bonchev–Trinajstić information content (AvgIpc) is 3.22. The number of methoxy groups -OCH3 is 1. The summed E-state index contributed by atoms with van der Waals surface area (Å²) in [6.07, 6.45) is -4.30. The Balaban J connectivity index is 1.45. The minimum atomic E-state index is -4.55. The zero-order valence-electron chi connectivity index (χ0n) is 36.7. The minimum Gasteiger partial charge on any atom is -0.383 e. The second kappa shape index (κ2) is 16.4. The summed E-state index contributed by atoms with van der Waals surface area (Å²) < 4.78 is 152. The van der Waals surface area contributed by atoms with Gasteiger partial charge in [-0.15, -0.1) is 11.8 Å². The van der Waals surface area contributed by atoms with Crippen molar-refractivity contribution in [3.63, 3.8) is 0 Å². The number of amides is 1. The monoisotopic (exact) mass is 744 g/mol. The first-order valence-electron chi connectivity index (χ1n) is 20.6. The van der Waals surface area contributed by atoms with Gasteiger partial charge in [-0.25, -0.2) is 8.78 Å². The summed E-state index contributed by atoms with van der Waals surface area (Å²) in [4.78, 5) is 31.3. The van der Waals surface area contributed by atoms with Gasteiger partial charge in [-0.05, 0) is 59.8 Å². The third-order valence-corrected chi connectivity index (χ3v) is 9.67. The van der Waals surface area contributed by atoms with Crippen molar-refractivity contribution in [2.24, 2.45) is 0 Å². The predicted octanol–water partition coefficient (Wildman–Crippen LogP) is 8.40. The Morgan fingerprint density at radius 2 is 1.67 bits per heavy atom. The first kappa shape index (κ1) is 27.1. The zero-order chi connectivity index (χ0) is 44.8. The molecule has 12 heteroatoms. The lowest BCUT2D eigenvalue weighted by molar-refractivity contribution is -0.137. The number of ether oxygens (including phenoxy) is 1. The van der Waals surface area contributed by atoms with Crippen molar-refractivity contribution in [1.29, 1.82) is 0 Å². The molecule has 0 saturated carbocycles. The summed E-state index contributed by atoms with van der Waals surface area (Å²) in [6.45, 7) is -5.26. The molecule has 4 aromatic carbocycles. The van der Waals surface area contributed by atoms with Gasteiger partial charge in [0.1, 0.15) is 6.54 Å². The number of likely N-dealkylation sites (tertiary alicyclic amines) is 1. The number of alkyl halides is 3. The summed E-state index contributed by atoms with van der Waals surface area (Å²) in [7, 11) is 1.22. The molecule has 6 rings (SSSR count). The van der Waals surface area contributed by atoms with E-state index in [1.807, 2.05) is 0 Å². The summed E-state index contributed by atoms with van der Waals surface area (Å²) in [6, 6.07) is 8.72. The van der Waals surface area contributed by atoms with Crippen molar-refractivity contribution in [3.8, 4) is 11.1 Å².